The number of ether oxygens (including phenoxy) is 8. The molecule has 0 radical (unpaired) electrons. The number of nitrogens with one attached hydrogen (secondary N) is 8. The number of nitrogens with zero attached hydrogens (tertiary/aromatic N) is 4. The standard InChI is InChI=1S/C72H94Cl4N12O18/c1-71(2,3)105-69(97)87(59-17-9-13-25-77-59)29-15-11-19-61(89)83-57(65(93)85-55(43-63(91)99-7)47-37-49(73)41-50(74)38-47)45-103-35-33-101-31-27-79-67(95)81-53-21-23-54(24-22-53)82-68(96)80-28-32-102-34-36-104-46-58(66(94)86-56(44-64(92)100-8)48-39-51(75)42-52(76)40-48)84-62(90)20-12-16-30-88(60-18-10-14-26-78-60)70(98)106-72(4,5)6/h9-10,13-14,17-18,21-26,37-42,55-58H,11-12,15-16,19-20,27-36,43-46H2,1-8H3,(H,83,89)(H,84,90)(H,85,93)(H,86,94)(H2,79,81,95)(H2,80,82,96)/t55?,56?,57-,58-/m0/s1. The van der Waals surface area contributed by atoms with Gasteiger partial charge < -0.3 is 80.4 Å². The molecule has 578 valence electrons. The van der Waals surface area contributed by atoms with Gasteiger partial charge in [-0.1, -0.05) is 58.5 Å². The first kappa shape index (κ1) is 87.5. The third-order valence-corrected chi connectivity index (χ3v) is 15.5. The van der Waals surface area contributed by atoms with Crippen LogP contribution in [0.4, 0.5) is 42.2 Å². The van der Waals surface area contributed by atoms with Gasteiger partial charge in [0.1, 0.15) is 34.9 Å². The van der Waals surface area contributed by atoms with Crippen LogP contribution in [0.15, 0.2) is 109 Å². The molecule has 10 amide bonds. The maximum atomic E-state index is 14.0. The zero-order valence-corrected chi connectivity index (χ0v) is 63.5. The first-order valence-electron chi connectivity index (χ1n) is 34.1. The van der Waals surface area contributed by atoms with Gasteiger partial charge in [0.2, 0.25) is 23.6 Å². The minimum Gasteiger partial charge on any atom is -0.469 e. The number of urea groups is 2. The second-order valence-corrected chi connectivity index (χ2v) is 27.3. The van der Waals surface area contributed by atoms with Gasteiger partial charge in [0.25, 0.3) is 0 Å². The van der Waals surface area contributed by atoms with E-state index in [9.17, 15) is 47.9 Å². The zero-order chi connectivity index (χ0) is 77.6. The summed E-state index contributed by atoms with van der Waals surface area (Å²) < 4.78 is 43.8. The fourth-order valence-electron chi connectivity index (χ4n) is 9.67. The van der Waals surface area contributed by atoms with Crippen molar-refractivity contribution in [3.63, 3.8) is 0 Å². The van der Waals surface area contributed by atoms with Gasteiger partial charge in [-0.25, -0.2) is 29.1 Å². The van der Waals surface area contributed by atoms with Gasteiger partial charge in [0, 0.05) is 82.9 Å². The molecule has 0 aliphatic rings. The van der Waals surface area contributed by atoms with E-state index in [1.54, 1.807) is 115 Å². The molecule has 5 rings (SSSR count). The summed E-state index contributed by atoms with van der Waals surface area (Å²) in [5.74, 6) is -2.90. The average Bonchev–Trinajstić information content (AvgIpc) is 0.840. The van der Waals surface area contributed by atoms with Gasteiger partial charge in [-0.05, 0) is 163 Å². The van der Waals surface area contributed by atoms with Gasteiger partial charge in [0.15, 0.2) is 0 Å². The molecule has 0 fully saturated rings. The van der Waals surface area contributed by atoms with Crippen molar-refractivity contribution in [3.8, 4) is 0 Å². The average molecular weight is 1560 g/mol. The molecule has 0 aliphatic carbocycles. The Balaban J connectivity index is 1.02. The second kappa shape index (κ2) is 46.1. The van der Waals surface area contributed by atoms with E-state index in [4.69, 9.17) is 84.3 Å². The predicted octanol–water partition coefficient (Wildman–Crippen LogP) is 10.4. The molecule has 5 aromatic rings. The topological polar surface area (TPSA) is 373 Å². The lowest BCUT2D eigenvalue weighted by molar-refractivity contribution is -0.142. The molecule has 2 aromatic heterocycles. The summed E-state index contributed by atoms with van der Waals surface area (Å²) >= 11 is 25.1. The summed E-state index contributed by atoms with van der Waals surface area (Å²) in [6, 6.07) is 20.2. The Bertz CT molecular complexity index is 3380. The van der Waals surface area contributed by atoms with Crippen LogP contribution >= 0.6 is 46.4 Å². The summed E-state index contributed by atoms with van der Waals surface area (Å²) in [5.41, 5.74) is 0.105. The molecule has 2 unspecified atom stereocenters. The number of carbonyl (C=O) groups excluding carboxylic acids is 10. The van der Waals surface area contributed by atoms with Gasteiger partial charge in [-0.3, -0.25) is 38.6 Å². The highest BCUT2D eigenvalue weighted by Crippen LogP contribution is 2.29. The van der Waals surface area contributed by atoms with Crippen LogP contribution in [0.3, 0.4) is 0 Å². The molecule has 0 bridgehead atoms. The normalized spacial score (nSPS) is 12.3. The van der Waals surface area contributed by atoms with E-state index >= 15 is 0 Å². The quantitative estimate of drug-likeness (QED) is 0.0102. The minimum absolute atomic E-state index is 0.0260. The van der Waals surface area contributed by atoms with Gasteiger partial charge in [-0.2, -0.15) is 0 Å². The number of methoxy groups -OCH3 is 2. The van der Waals surface area contributed by atoms with Crippen LogP contribution in [0.1, 0.15) is 116 Å². The summed E-state index contributed by atoms with van der Waals surface area (Å²) in [6.45, 7) is 10.6. The smallest absolute Gasteiger partial charge is 0.416 e. The number of amides is 10. The number of benzene rings is 3. The Morgan fingerprint density at radius 1 is 0.453 bits per heavy atom. The Morgan fingerprint density at radius 2 is 0.811 bits per heavy atom. The summed E-state index contributed by atoms with van der Waals surface area (Å²) in [5, 5.41) is 22.8. The minimum atomic E-state index is -1.26. The van der Waals surface area contributed by atoms with Crippen molar-refractivity contribution in [2.45, 2.75) is 128 Å². The van der Waals surface area contributed by atoms with Crippen molar-refractivity contribution in [2.24, 2.45) is 0 Å². The summed E-state index contributed by atoms with van der Waals surface area (Å²) in [4.78, 5) is 143. The van der Waals surface area contributed by atoms with E-state index in [-0.39, 0.29) is 125 Å². The van der Waals surface area contributed by atoms with Crippen LogP contribution < -0.4 is 52.3 Å². The van der Waals surface area contributed by atoms with E-state index in [1.807, 2.05) is 0 Å². The number of hydrogen-bond acceptors (Lipinski definition) is 20. The number of unbranched alkanes of at least 4 members (excludes halogenated alkanes) is 2. The Hall–Kier alpha value is -9.14. The molecule has 34 heteroatoms. The van der Waals surface area contributed by atoms with Gasteiger partial charge >= 0.3 is 36.2 Å². The van der Waals surface area contributed by atoms with Crippen LogP contribution in [0.25, 0.3) is 0 Å². The molecule has 2 heterocycles. The molecule has 4 atom stereocenters. The number of hydrogen-bond donors (Lipinski definition) is 8. The van der Waals surface area contributed by atoms with Crippen molar-refractivity contribution < 1.29 is 85.8 Å². The fourth-order valence-corrected chi connectivity index (χ4v) is 10.8. The summed E-state index contributed by atoms with van der Waals surface area (Å²) in [7, 11) is 2.40. The zero-order valence-electron chi connectivity index (χ0n) is 60.5. The van der Waals surface area contributed by atoms with Crippen molar-refractivity contribution in [1.29, 1.82) is 0 Å². The van der Waals surface area contributed by atoms with Crippen LogP contribution in [0.5, 0.6) is 0 Å². The third kappa shape index (κ3) is 34.8. The van der Waals surface area contributed by atoms with Crippen molar-refractivity contribution in [1.82, 2.24) is 41.9 Å². The van der Waals surface area contributed by atoms with Crippen molar-refractivity contribution in [2.75, 3.05) is 114 Å². The molecule has 0 saturated heterocycles. The Labute approximate surface area is 636 Å². The van der Waals surface area contributed by atoms with E-state index in [0.29, 0.717) is 59.8 Å². The second-order valence-electron chi connectivity index (χ2n) is 25.6. The van der Waals surface area contributed by atoms with Crippen LogP contribution in [0, 0.1) is 0 Å². The maximum Gasteiger partial charge on any atom is 0.416 e. The van der Waals surface area contributed by atoms with E-state index < -0.39 is 95.2 Å². The van der Waals surface area contributed by atoms with Gasteiger partial charge in [0.05, 0.1) is 92.0 Å². The maximum absolute atomic E-state index is 14.0. The van der Waals surface area contributed by atoms with Crippen molar-refractivity contribution >= 4 is 129 Å². The van der Waals surface area contributed by atoms with E-state index in [1.165, 1.54) is 60.4 Å². The van der Waals surface area contributed by atoms with Gasteiger partial charge in [-0.15, -0.1) is 0 Å². The summed E-state index contributed by atoms with van der Waals surface area (Å²) in [6.07, 6.45) is 2.62. The predicted molar refractivity (Wildman–Crippen MR) is 399 cm³/mol. The Morgan fingerprint density at radius 3 is 1.14 bits per heavy atom. The highest BCUT2D eigenvalue weighted by Gasteiger charge is 2.31. The molecular weight excluding hydrogens is 1460 g/mol. The fraction of sp³-hybridized carbons (Fsp3) is 0.472. The lowest BCUT2D eigenvalue weighted by Gasteiger charge is -2.27. The number of rotatable bonds is 42. The number of pyridine rings is 2. The number of aromatic nitrogens is 2. The largest absolute Gasteiger partial charge is 0.469 e. The first-order chi connectivity index (χ1) is 50.5. The Kier molecular flexibility index (Phi) is 38.0. The van der Waals surface area contributed by atoms with Crippen LogP contribution in [0.2, 0.25) is 20.1 Å². The molecule has 30 nitrogen and oxygen atoms in total. The first-order valence-corrected chi connectivity index (χ1v) is 35.6. The molecule has 106 heavy (non-hydrogen) atoms. The SMILES string of the molecule is COC(=O)CC(NC(=O)[C@H](COCCOCCNC(=O)Nc1ccc(NC(=O)NCCOCCOC[C@H](NC(=O)CCCCN(C(=O)OC(C)(C)C)c2ccccn2)C(=O)NC(CC(=O)OC)c2cc(Cl)cc(Cl)c2)cc1)NC(=O)CCCCN(C(=O)OC(C)(C)C)c1ccccn1)c1cc(Cl)cc(Cl)c1. The lowest BCUT2D eigenvalue weighted by Crippen LogP contribution is -2.50. The molecule has 0 spiro atoms. The van der Waals surface area contributed by atoms with E-state index in [0.717, 1.165) is 0 Å². The number of esters is 2. The molecule has 0 saturated carbocycles. The van der Waals surface area contributed by atoms with E-state index in [2.05, 4.69) is 52.5 Å². The van der Waals surface area contributed by atoms with Crippen LogP contribution in [-0.4, -0.2) is 186 Å². The van der Waals surface area contributed by atoms with Crippen LogP contribution in [-0.2, 0) is 66.7 Å². The number of carbonyl (C=O) groups is 10. The highest BCUT2D eigenvalue weighted by atomic mass is 35.5. The monoisotopic (exact) mass is 1550 g/mol. The number of halogens is 4. The molecular formula is C72H94Cl4N12O18. The molecule has 3 aromatic carbocycles. The molecule has 8 N–H and O–H groups in total. The highest BCUT2D eigenvalue weighted by molar-refractivity contribution is 6.35. The van der Waals surface area contributed by atoms with Crippen molar-refractivity contribution in [3.05, 3.63) is 141 Å². The number of anilines is 4. The lowest BCUT2D eigenvalue weighted by atomic mass is 10.0. The third-order valence-electron chi connectivity index (χ3n) is 14.6. The molecule has 0 aliphatic heterocycles.